The van der Waals surface area contributed by atoms with Crippen LogP contribution in [-0.2, 0) is 6.54 Å². The highest BCUT2D eigenvalue weighted by Gasteiger charge is 2.23. The predicted molar refractivity (Wildman–Crippen MR) is 104 cm³/mol. The van der Waals surface area contributed by atoms with Crippen LogP contribution < -0.4 is 10.1 Å². The molecule has 0 aliphatic carbocycles. The fourth-order valence-electron chi connectivity index (χ4n) is 3.09. The zero-order chi connectivity index (χ0) is 19.1. The summed E-state index contributed by atoms with van der Waals surface area (Å²) in [5.74, 6) is 0.385. The molecule has 140 valence electrons. The van der Waals surface area contributed by atoms with Crippen LogP contribution in [0.25, 0.3) is 0 Å². The van der Waals surface area contributed by atoms with Gasteiger partial charge in [0.1, 0.15) is 5.75 Å². The summed E-state index contributed by atoms with van der Waals surface area (Å²) in [6.45, 7) is 2.05. The van der Waals surface area contributed by atoms with E-state index in [0.717, 1.165) is 19.0 Å². The number of alkyl halides is 2. The number of hydrogen-bond donors (Lipinski definition) is 1. The molecule has 0 saturated heterocycles. The average Bonchev–Trinajstić information content (AvgIpc) is 2.66. The van der Waals surface area contributed by atoms with Crippen molar-refractivity contribution in [3.63, 3.8) is 0 Å². The van der Waals surface area contributed by atoms with Gasteiger partial charge in [0, 0.05) is 25.9 Å². The van der Waals surface area contributed by atoms with E-state index >= 15 is 0 Å². The molecule has 4 heteroatoms. The van der Waals surface area contributed by atoms with Crippen LogP contribution in [0.4, 0.5) is 8.78 Å². The van der Waals surface area contributed by atoms with Gasteiger partial charge in [-0.2, -0.15) is 8.78 Å². The molecule has 3 aromatic rings. The molecular weight excluding hydrogens is 344 g/mol. The van der Waals surface area contributed by atoms with Crippen molar-refractivity contribution in [1.29, 1.82) is 0 Å². The molecule has 0 unspecified atom stereocenters. The minimum Gasteiger partial charge on any atom is -0.433 e. The molecule has 2 nitrogen and oxygen atoms in total. The number of nitrogens with one attached hydrogen (secondary N) is 1. The Bertz CT molecular complexity index is 792. The highest BCUT2D eigenvalue weighted by Crippen LogP contribution is 2.24. The smallest absolute Gasteiger partial charge is 0.394 e. The van der Waals surface area contributed by atoms with Gasteiger partial charge in [-0.05, 0) is 28.8 Å². The Morgan fingerprint density at radius 1 is 0.852 bits per heavy atom. The molecule has 0 atom stereocenters. The Kier molecular flexibility index (Phi) is 6.20. The SMILES string of the molecule is CC(F)(F)Oc1cccc(CNCC(c2ccccc2)c2ccccc2)c1. The van der Waals surface area contributed by atoms with E-state index in [0.29, 0.717) is 6.54 Å². The first kappa shape index (κ1) is 19.1. The van der Waals surface area contributed by atoms with E-state index in [4.69, 9.17) is 0 Å². The molecule has 0 fully saturated rings. The van der Waals surface area contributed by atoms with Gasteiger partial charge >= 0.3 is 6.11 Å². The molecule has 0 saturated carbocycles. The number of halogens is 2. The van der Waals surface area contributed by atoms with Crippen LogP contribution in [0, 0.1) is 0 Å². The monoisotopic (exact) mass is 367 g/mol. The van der Waals surface area contributed by atoms with Crippen LogP contribution in [0.5, 0.6) is 5.75 Å². The lowest BCUT2D eigenvalue weighted by Gasteiger charge is -2.19. The van der Waals surface area contributed by atoms with Gasteiger partial charge in [-0.3, -0.25) is 0 Å². The Morgan fingerprint density at radius 2 is 1.44 bits per heavy atom. The first-order valence-corrected chi connectivity index (χ1v) is 8.98. The van der Waals surface area contributed by atoms with Crippen molar-refractivity contribution < 1.29 is 13.5 Å². The molecule has 0 spiro atoms. The van der Waals surface area contributed by atoms with E-state index in [-0.39, 0.29) is 11.7 Å². The molecule has 0 aromatic heterocycles. The maximum atomic E-state index is 13.0. The number of benzene rings is 3. The van der Waals surface area contributed by atoms with Gasteiger partial charge in [0.2, 0.25) is 0 Å². The maximum Gasteiger partial charge on any atom is 0.394 e. The quantitative estimate of drug-likeness (QED) is 0.559. The summed E-state index contributed by atoms with van der Waals surface area (Å²) < 4.78 is 30.7. The normalized spacial score (nSPS) is 11.6. The number of hydrogen-bond acceptors (Lipinski definition) is 2. The molecule has 3 rings (SSSR count). The Hall–Kier alpha value is -2.72. The van der Waals surface area contributed by atoms with E-state index in [1.165, 1.54) is 17.2 Å². The maximum absolute atomic E-state index is 13.0. The molecule has 0 amide bonds. The van der Waals surface area contributed by atoms with Gasteiger partial charge in [0.05, 0.1) is 0 Å². The number of ether oxygens (including phenoxy) is 1. The van der Waals surface area contributed by atoms with Gasteiger partial charge < -0.3 is 10.1 Å². The van der Waals surface area contributed by atoms with Crippen molar-refractivity contribution in [2.24, 2.45) is 0 Å². The minimum atomic E-state index is -3.18. The Labute approximate surface area is 158 Å². The Balaban J connectivity index is 1.67. The summed E-state index contributed by atoms with van der Waals surface area (Å²) >= 11 is 0. The van der Waals surface area contributed by atoms with E-state index < -0.39 is 6.11 Å². The molecule has 0 aliphatic rings. The summed E-state index contributed by atoms with van der Waals surface area (Å²) in [7, 11) is 0. The molecule has 1 N–H and O–H groups in total. The molecular formula is C23H23F2NO. The molecule has 0 aliphatic heterocycles. The zero-order valence-electron chi connectivity index (χ0n) is 15.2. The van der Waals surface area contributed by atoms with Crippen molar-refractivity contribution in [2.45, 2.75) is 25.5 Å². The van der Waals surface area contributed by atoms with Gasteiger partial charge in [0.25, 0.3) is 0 Å². The summed E-state index contributed by atoms with van der Waals surface area (Å²) in [6.07, 6.45) is -3.18. The zero-order valence-corrected chi connectivity index (χ0v) is 15.2. The lowest BCUT2D eigenvalue weighted by molar-refractivity contribution is -0.158. The summed E-state index contributed by atoms with van der Waals surface area (Å²) in [5, 5.41) is 3.45. The van der Waals surface area contributed by atoms with Crippen LogP contribution in [0.3, 0.4) is 0 Å². The van der Waals surface area contributed by atoms with E-state index in [2.05, 4.69) is 34.3 Å². The fourth-order valence-corrected chi connectivity index (χ4v) is 3.09. The third-order valence-corrected chi connectivity index (χ3v) is 4.28. The highest BCUT2D eigenvalue weighted by molar-refractivity contribution is 5.33. The number of rotatable bonds is 8. The minimum absolute atomic E-state index is 0.171. The van der Waals surface area contributed by atoms with Gasteiger partial charge in [-0.1, -0.05) is 72.8 Å². The van der Waals surface area contributed by atoms with Gasteiger partial charge in [-0.15, -0.1) is 0 Å². The van der Waals surface area contributed by atoms with E-state index in [9.17, 15) is 8.78 Å². The third-order valence-electron chi connectivity index (χ3n) is 4.28. The molecule has 27 heavy (non-hydrogen) atoms. The predicted octanol–water partition coefficient (Wildman–Crippen LogP) is 5.60. The lowest BCUT2D eigenvalue weighted by Crippen LogP contribution is -2.22. The summed E-state index contributed by atoms with van der Waals surface area (Å²) in [4.78, 5) is 0. The first-order valence-electron chi connectivity index (χ1n) is 8.98. The third kappa shape index (κ3) is 5.90. The largest absolute Gasteiger partial charge is 0.433 e. The first-order chi connectivity index (χ1) is 13.0. The Morgan fingerprint density at radius 3 is 2.00 bits per heavy atom. The lowest BCUT2D eigenvalue weighted by atomic mass is 9.91. The fraction of sp³-hybridized carbons (Fsp3) is 0.217. The molecule has 0 radical (unpaired) electrons. The van der Waals surface area contributed by atoms with Crippen molar-refractivity contribution in [3.05, 3.63) is 102 Å². The second-order valence-corrected chi connectivity index (χ2v) is 6.56. The average molecular weight is 367 g/mol. The van der Waals surface area contributed by atoms with Crippen molar-refractivity contribution >= 4 is 0 Å². The standard InChI is InChI=1S/C23H23F2NO/c1-23(24,25)27-21-14-8-9-18(15-21)16-26-17-22(19-10-4-2-5-11-19)20-12-6-3-7-13-20/h2-15,22,26H,16-17H2,1H3. The van der Waals surface area contributed by atoms with Crippen molar-refractivity contribution in [3.8, 4) is 5.75 Å². The van der Waals surface area contributed by atoms with Crippen molar-refractivity contribution in [2.75, 3.05) is 6.54 Å². The van der Waals surface area contributed by atoms with E-state index in [1.54, 1.807) is 12.1 Å². The van der Waals surface area contributed by atoms with Gasteiger partial charge in [-0.25, -0.2) is 0 Å². The molecule has 0 heterocycles. The molecule has 3 aromatic carbocycles. The van der Waals surface area contributed by atoms with Crippen LogP contribution in [0.1, 0.15) is 29.5 Å². The van der Waals surface area contributed by atoms with Crippen molar-refractivity contribution in [1.82, 2.24) is 5.32 Å². The van der Waals surface area contributed by atoms with Gasteiger partial charge in [0.15, 0.2) is 0 Å². The summed E-state index contributed by atoms with van der Waals surface area (Å²) in [5.41, 5.74) is 3.37. The highest BCUT2D eigenvalue weighted by atomic mass is 19.3. The van der Waals surface area contributed by atoms with Crippen LogP contribution in [0.15, 0.2) is 84.9 Å². The van der Waals surface area contributed by atoms with Crippen LogP contribution >= 0.6 is 0 Å². The topological polar surface area (TPSA) is 21.3 Å². The summed E-state index contributed by atoms with van der Waals surface area (Å²) in [6, 6.07) is 27.5. The second kappa shape index (κ2) is 8.78. The second-order valence-electron chi connectivity index (χ2n) is 6.56. The van der Waals surface area contributed by atoms with Crippen LogP contribution in [0.2, 0.25) is 0 Å². The van der Waals surface area contributed by atoms with E-state index in [1.807, 2.05) is 42.5 Å². The van der Waals surface area contributed by atoms with Crippen LogP contribution in [-0.4, -0.2) is 12.7 Å². The molecule has 0 bridgehead atoms.